The number of aromatic nitrogens is 1. The van der Waals surface area contributed by atoms with E-state index in [2.05, 4.69) is 79.0 Å². The van der Waals surface area contributed by atoms with Crippen LogP contribution in [0.25, 0.3) is 22.0 Å². The van der Waals surface area contributed by atoms with Crippen LogP contribution in [0.4, 0.5) is 5.13 Å². The molecule has 1 aromatic heterocycles. The Bertz CT molecular complexity index is 1640. The molecule has 1 atom stereocenters. The van der Waals surface area contributed by atoms with Crippen molar-refractivity contribution in [1.29, 1.82) is 0 Å². The zero-order valence-electron chi connectivity index (χ0n) is 20.7. The predicted octanol–water partition coefficient (Wildman–Crippen LogP) is 7.60. The van der Waals surface area contributed by atoms with Crippen LogP contribution in [0.15, 0.2) is 90.3 Å². The normalized spacial score (nSPS) is 21.4. The highest BCUT2D eigenvalue weighted by Gasteiger charge is 2.53. The van der Waals surface area contributed by atoms with Crippen molar-refractivity contribution in [1.82, 2.24) is 4.98 Å². The minimum Gasteiger partial charge on any atom is -0.497 e. The molecule has 1 heterocycles. The number of nitrogens with zero attached hydrogens (tertiary/aromatic N) is 1. The Kier molecular flexibility index (Phi) is 4.98. The van der Waals surface area contributed by atoms with Crippen molar-refractivity contribution in [3.05, 3.63) is 113 Å². The van der Waals surface area contributed by atoms with E-state index in [4.69, 9.17) is 9.72 Å². The number of rotatable bonds is 4. The second kappa shape index (κ2) is 8.29. The first kappa shape index (κ1) is 22.3. The molecule has 1 amide bonds. The third-order valence-electron chi connectivity index (χ3n) is 8.24. The maximum atomic E-state index is 14.0. The van der Waals surface area contributed by atoms with Crippen molar-refractivity contribution in [3.8, 4) is 17.0 Å². The molecule has 4 aromatic carbocycles. The number of carbonyl (C=O) groups is 1. The molecule has 182 valence electrons. The van der Waals surface area contributed by atoms with E-state index in [1.807, 2.05) is 23.6 Å². The van der Waals surface area contributed by atoms with Gasteiger partial charge in [0.05, 0.1) is 18.2 Å². The molecule has 0 radical (unpaired) electrons. The maximum Gasteiger partial charge on any atom is 0.233 e. The quantitative estimate of drug-likeness (QED) is 0.275. The summed E-state index contributed by atoms with van der Waals surface area (Å²) in [5.41, 5.74) is 6.63. The number of nitrogens with one attached hydrogen (secondary N) is 1. The van der Waals surface area contributed by atoms with Crippen molar-refractivity contribution in [2.45, 2.75) is 25.2 Å². The van der Waals surface area contributed by atoms with Crippen LogP contribution in [0.3, 0.4) is 0 Å². The van der Waals surface area contributed by atoms with Gasteiger partial charge in [-0.25, -0.2) is 4.98 Å². The van der Waals surface area contributed by atoms with Crippen molar-refractivity contribution in [2.75, 3.05) is 12.4 Å². The summed E-state index contributed by atoms with van der Waals surface area (Å²) < 4.78 is 5.39. The Labute approximate surface area is 220 Å². The minimum atomic E-state index is -0.560. The van der Waals surface area contributed by atoms with Gasteiger partial charge in [-0.2, -0.15) is 0 Å². The number of benzene rings is 4. The van der Waals surface area contributed by atoms with E-state index in [0.717, 1.165) is 34.2 Å². The third kappa shape index (κ3) is 3.34. The molecular weight excluding hydrogens is 476 g/mol. The number of methoxy groups -OCH3 is 1. The van der Waals surface area contributed by atoms with E-state index in [9.17, 15) is 4.79 Å². The fourth-order valence-electron chi connectivity index (χ4n) is 6.50. The first-order valence-electron chi connectivity index (χ1n) is 12.6. The van der Waals surface area contributed by atoms with Crippen LogP contribution < -0.4 is 10.1 Å². The van der Waals surface area contributed by atoms with Crippen molar-refractivity contribution >= 4 is 33.1 Å². The molecule has 1 unspecified atom stereocenters. The molecular formula is C32H26N2O2S. The molecule has 3 aliphatic carbocycles. The molecule has 5 heteroatoms. The van der Waals surface area contributed by atoms with Gasteiger partial charge in [0.1, 0.15) is 5.75 Å². The van der Waals surface area contributed by atoms with E-state index >= 15 is 0 Å². The number of amides is 1. The number of carbonyl (C=O) groups excluding carboxylic acids is 1. The average molecular weight is 503 g/mol. The Balaban J connectivity index is 1.22. The Morgan fingerprint density at radius 2 is 1.65 bits per heavy atom. The summed E-state index contributed by atoms with van der Waals surface area (Å²) in [7, 11) is 1.68. The van der Waals surface area contributed by atoms with Crippen LogP contribution >= 0.6 is 11.3 Å². The Morgan fingerprint density at radius 1 is 0.946 bits per heavy atom. The lowest BCUT2D eigenvalue weighted by molar-refractivity contribution is -0.126. The highest BCUT2D eigenvalue weighted by atomic mass is 32.1. The maximum absolute atomic E-state index is 14.0. The Hall–Kier alpha value is -3.96. The topological polar surface area (TPSA) is 51.2 Å². The molecule has 0 fully saturated rings. The fraction of sp³-hybridized carbons (Fsp3) is 0.188. The van der Waals surface area contributed by atoms with Gasteiger partial charge in [0.15, 0.2) is 5.13 Å². The van der Waals surface area contributed by atoms with Gasteiger partial charge in [-0.15, -0.1) is 11.3 Å². The fourth-order valence-corrected chi connectivity index (χ4v) is 7.20. The molecule has 4 nitrogen and oxygen atoms in total. The second-order valence-electron chi connectivity index (χ2n) is 10.2. The van der Waals surface area contributed by atoms with Crippen LogP contribution in [0.5, 0.6) is 5.75 Å². The molecule has 5 aromatic rings. The summed E-state index contributed by atoms with van der Waals surface area (Å²) in [6, 6.07) is 29.5. The van der Waals surface area contributed by atoms with Crippen LogP contribution in [-0.2, 0) is 4.79 Å². The zero-order valence-corrected chi connectivity index (χ0v) is 21.5. The van der Waals surface area contributed by atoms with Crippen LogP contribution in [0.1, 0.15) is 47.4 Å². The van der Waals surface area contributed by atoms with Crippen LogP contribution in [0, 0.1) is 5.41 Å². The molecule has 2 bridgehead atoms. The minimum absolute atomic E-state index is 0.0254. The third-order valence-corrected chi connectivity index (χ3v) is 8.99. The van der Waals surface area contributed by atoms with Gasteiger partial charge in [0, 0.05) is 22.8 Å². The van der Waals surface area contributed by atoms with Crippen molar-refractivity contribution < 1.29 is 9.53 Å². The van der Waals surface area contributed by atoms with Gasteiger partial charge in [0.25, 0.3) is 0 Å². The monoisotopic (exact) mass is 502 g/mol. The molecule has 3 aliphatic rings. The Morgan fingerprint density at radius 3 is 2.35 bits per heavy atom. The lowest BCUT2D eigenvalue weighted by Crippen LogP contribution is -2.47. The number of fused-ring (bicyclic) bond motifs is 2. The van der Waals surface area contributed by atoms with E-state index in [1.54, 1.807) is 7.11 Å². The smallest absolute Gasteiger partial charge is 0.233 e. The number of anilines is 1. The van der Waals surface area contributed by atoms with Gasteiger partial charge in [-0.05, 0) is 58.5 Å². The first-order valence-corrected chi connectivity index (χ1v) is 13.5. The van der Waals surface area contributed by atoms with E-state index in [1.165, 1.54) is 33.6 Å². The largest absolute Gasteiger partial charge is 0.497 e. The lowest BCUT2D eigenvalue weighted by Gasteiger charge is -2.50. The number of thiazole rings is 1. The lowest BCUT2D eigenvalue weighted by atomic mass is 9.52. The molecule has 0 saturated heterocycles. The molecule has 0 saturated carbocycles. The molecule has 8 rings (SSSR count). The molecule has 1 N–H and O–H groups in total. The van der Waals surface area contributed by atoms with Gasteiger partial charge < -0.3 is 10.1 Å². The summed E-state index contributed by atoms with van der Waals surface area (Å²) in [4.78, 5) is 18.8. The highest BCUT2D eigenvalue weighted by Crippen LogP contribution is 2.61. The van der Waals surface area contributed by atoms with E-state index < -0.39 is 5.41 Å². The predicted molar refractivity (Wildman–Crippen MR) is 150 cm³/mol. The molecule has 0 spiro atoms. The van der Waals surface area contributed by atoms with Gasteiger partial charge in [-0.1, -0.05) is 72.8 Å². The van der Waals surface area contributed by atoms with E-state index in [-0.39, 0.29) is 17.7 Å². The summed E-state index contributed by atoms with van der Waals surface area (Å²) in [6.45, 7) is 2.12. The van der Waals surface area contributed by atoms with E-state index in [0.29, 0.717) is 5.13 Å². The first-order chi connectivity index (χ1) is 18.1. The zero-order chi connectivity index (χ0) is 25.1. The SMILES string of the molecule is COc1ccc2c(-c3csc(NC(=O)C4(C)CC5c6ccccc6C4c4ccccc45)n3)cccc2c1. The second-order valence-corrected chi connectivity index (χ2v) is 11.1. The number of ether oxygens (including phenoxy) is 1. The van der Waals surface area contributed by atoms with Gasteiger partial charge in [-0.3, -0.25) is 4.79 Å². The number of hydrogen-bond acceptors (Lipinski definition) is 4. The highest BCUT2D eigenvalue weighted by molar-refractivity contribution is 7.14. The summed E-state index contributed by atoms with van der Waals surface area (Å²) in [5, 5.41) is 8.06. The van der Waals surface area contributed by atoms with Crippen molar-refractivity contribution in [2.24, 2.45) is 5.41 Å². The van der Waals surface area contributed by atoms with Gasteiger partial charge in [0.2, 0.25) is 5.91 Å². The van der Waals surface area contributed by atoms with Crippen LogP contribution in [0.2, 0.25) is 0 Å². The average Bonchev–Trinajstić information content (AvgIpc) is 3.40. The standard InChI is InChI=1S/C32H26N2O2S/c1-32(17-27-22-9-3-5-11-25(22)29(32)26-12-6-4-10-23(26)27)30(35)34-31-33-28(18-37-31)24-13-7-8-19-16-20(36-2)14-15-21(19)24/h3-16,18,27,29H,17H2,1-2H3,(H,33,34,35). The number of hydrogen-bond donors (Lipinski definition) is 1. The van der Waals surface area contributed by atoms with Gasteiger partial charge >= 0.3 is 0 Å². The summed E-state index contributed by atoms with van der Waals surface area (Å²) >= 11 is 1.48. The molecule has 37 heavy (non-hydrogen) atoms. The summed E-state index contributed by atoms with van der Waals surface area (Å²) in [5.74, 6) is 1.12. The molecule has 0 aliphatic heterocycles. The van der Waals surface area contributed by atoms with Crippen LogP contribution in [-0.4, -0.2) is 18.0 Å². The summed E-state index contributed by atoms with van der Waals surface area (Å²) in [6.07, 6.45) is 0.793. The van der Waals surface area contributed by atoms with Crippen molar-refractivity contribution in [3.63, 3.8) is 0 Å².